The smallest absolute Gasteiger partial charge is 0.243 e. The van der Waals surface area contributed by atoms with Gasteiger partial charge in [0.25, 0.3) is 0 Å². The molecule has 2 aromatic heterocycles. The molecule has 31 heavy (non-hydrogen) atoms. The molecule has 0 amide bonds. The van der Waals surface area contributed by atoms with E-state index in [1.165, 1.54) is 0 Å². The van der Waals surface area contributed by atoms with Crippen LogP contribution < -0.4 is 9.47 Å². The van der Waals surface area contributed by atoms with E-state index in [4.69, 9.17) is 14.5 Å². The highest BCUT2D eigenvalue weighted by Gasteiger charge is 2.34. The lowest BCUT2D eigenvalue weighted by Crippen LogP contribution is -2.29. The molecule has 1 aromatic carbocycles. The normalized spacial score (nSPS) is 19.4. The second-order valence-electron chi connectivity index (χ2n) is 8.37. The molecule has 9 heteroatoms. The predicted molar refractivity (Wildman–Crippen MR) is 116 cm³/mol. The fraction of sp³-hybridized carbons (Fsp3) is 0.455. The fourth-order valence-corrected chi connectivity index (χ4v) is 5.98. The highest BCUT2D eigenvalue weighted by Crippen LogP contribution is 2.35. The van der Waals surface area contributed by atoms with Crippen LogP contribution in [0.25, 0.3) is 11.2 Å². The molecule has 1 saturated heterocycles. The molecule has 164 valence electrons. The summed E-state index contributed by atoms with van der Waals surface area (Å²) < 4.78 is 41.3. The van der Waals surface area contributed by atoms with Crippen LogP contribution in [0.3, 0.4) is 0 Å². The number of aromatic nitrogens is 3. The van der Waals surface area contributed by atoms with E-state index in [0.29, 0.717) is 37.8 Å². The average molecular weight is 443 g/mol. The van der Waals surface area contributed by atoms with Gasteiger partial charge in [-0.1, -0.05) is 0 Å². The predicted octanol–water partition coefficient (Wildman–Crippen LogP) is 3.04. The summed E-state index contributed by atoms with van der Waals surface area (Å²) in [5, 5.41) is 0. The molecule has 0 aliphatic carbocycles. The minimum absolute atomic E-state index is 0.210. The Morgan fingerprint density at radius 3 is 2.77 bits per heavy atom. The Bertz CT molecular complexity index is 1220. The van der Waals surface area contributed by atoms with E-state index in [0.717, 1.165) is 29.8 Å². The van der Waals surface area contributed by atoms with E-state index in [1.807, 2.05) is 12.1 Å². The zero-order chi connectivity index (χ0) is 21.6. The Hall–Kier alpha value is -2.65. The zero-order valence-corrected chi connectivity index (χ0v) is 18.5. The third-order valence-corrected chi connectivity index (χ3v) is 7.77. The molecule has 3 aromatic rings. The molecule has 0 spiro atoms. The van der Waals surface area contributed by atoms with Gasteiger partial charge in [-0.3, -0.25) is 0 Å². The molecule has 0 N–H and O–H groups in total. The quantitative estimate of drug-likeness (QED) is 0.604. The third-order valence-electron chi connectivity index (χ3n) is 5.91. The number of benzene rings is 1. The van der Waals surface area contributed by atoms with Crippen LogP contribution in [0.15, 0.2) is 41.4 Å². The number of hydrogen-bond acceptors (Lipinski definition) is 6. The molecule has 8 nitrogen and oxygen atoms in total. The van der Waals surface area contributed by atoms with Gasteiger partial charge >= 0.3 is 0 Å². The number of rotatable bonds is 5. The number of hydrogen-bond donors (Lipinski definition) is 0. The van der Waals surface area contributed by atoms with Crippen molar-refractivity contribution < 1.29 is 17.9 Å². The first-order valence-electron chi connectivity index (χ1n) is 10.6. The van der Waals surface area contributed by atoms with Gasteiger partial charge in [-0.05, 0) is 50.5 Å². The standard InChI is InChI=1S/C22H26N4O4S/c1-15(2)26-21(24-18-4-3-8-23-22(18)26)12-16-7-9-25(14-16)31(27,28)17-5-6-19-20(13-17)30-11-10-29-19/h3-6,8,13,15-16H,7,9-12,14H2,1-2H3/t16-/m1/s1. The van der Waals surface area contributed by atoms with Crippen LogP contribution >= 0.6 is 0 Å². The van der Waals surface area contributed by atoms with E-state index >= 15 is 0 Å². The second kappa shape index (κ2) is 7.80. The molecular formula is C22H26N4O4S. The molecular weight excluding hydrogens is 416 g/mol. The largest absolute Gasteiger partial charge is 0.486 e. The second-order valence-corrected chi connectivity index (χ2v) is 10.3. The minimum Gasteiger partial charge on any atom is -0.486 e. The summed E-state index contributed by atoms with van der Waals surface area (Å²) in [6, 6.07) is 8.93. The van der Waals surface area contributed by atoms with Gasteiger partial charge in [0.05, 0.1) is 4.90 Å². The summed E-state index contributed by atoms with van der Waals surface area (Å²) in [6.07, 6.45) is 3.31. The van der Waals surface area contributed by atoms with Gasteiger partial charge in [0.15, 0.2) is 17.1 Å². The number of sulfonamides is 1. The van der Waals surface area contributed by atoms with Crippen molar-refractivity contribution in [2.45, 2.75) is 37.6 Å². The topological polar surface area (TPSA) is 86.6 Å². The SMILES string of the molecule is CC(C)n1c(C[C@H]2CCN(S(=O)(=O)c3ccc4c(c3)OCCO4)C2)nc2cccnc21. The fourth-order valence-electron chi connectivity index (χ4n) is 4.44. The van der Waals surface area contributed by atoms with Crippen LogP contribution in [-0.2, 0) is 16.4 Å². The number of pyridine rings is 1. The van der Waals surface area contributed by atoms with Crippen molar-refractivity contribution in [1.82, 2.24) is 18.8 Å². The Morgan fingerprint density at radius 2 is 1.97 bits per heavy atom. The van der Waals surface area contributed by atoms with Gasteiger partial charge in [0.2, 0.25) is 10.0 Å². The maximum atomic E-state index is 13.2. The summed E-state index contributed by atoms with van der Waals surface area (Å²) in [6.45, 7) is 6.11. The average Bonchev–Trinajstić information content (AvgIpc) is 3.38. The van der Waals surface area contributed by atoms with Crippen LogP contribution in [0.2, 0.25) is 0 Å². The van der Waals surface area contributed by atoms with Crippen molar-refractivity contribution in [3.05, 3.63) is 42.4 Å². The lowest BCUT2D eigenvalue weighted by molar-refractivity contribution is 0.171. The number of nitrogens with zero attached hydrogens (tertiary/aromatic N) is 4. The van der Waals surface area contributed by atoms with Gasteiger partial charge < -0.3 is 14.0 Å². The molecule has 0 unspecified atom stereocenters. The van der Waals surface area contributed by atoms with E-state index in [-0.39, 0.29) is 16.9 Å². The molecule has 0 bridgehead atoms. The van der Waals surface area contributed by atoms with Crippen LogP contribution in [0, 0.1) is 5.92 Å². The lowest BCUT2D eigenvalue weighted by atomic mass is 10.0. The monoisotopic (exact) mass is 442 g/mol. The first-order chi connectivity index (χ1) is 14.9. The maximum absolute atomic E-state index is 13.2. The molecule has 0 saturated carbocycles. The highest BCUT2D eigenvalue weighted by atomic mass is 32.2. The van der Waals surface area contributed by atoms with Crippen molar-refractivity contribution in [3.8, 4) is 11.5 Å². The number of imidazole rings is 1. The summed E-state index contributed by atoms with van der Waals surface area (Å²) in [7, 11) is -3.59. The maximum Gasteiger partial charge on any atom is 0.243 e. The van der Waals surface area contributed by atoms with Gasteiger partial charge in [0, 0.05) is 37.8 Å². The Balaban J connectivity index is 1.36. The van der Waals surface area contributed by atoms with Crippen molar-refractivity contribution in [1.29, 1.82) is 0 Å². The Kier molecular flexibility index (Phi) is 5.10. The van der Waals surface area contributed by atoms with Crippen molar-refractivity contribution in [3.63, 3.8) is 0 Å². The summed E-state index contributed by atoms with van der Waals surface area (Å²) >= 11 is 0. The molecule has 0 radical (unpaired) electrons. The van der Waals surface area contributed by atoms with E-state index < -0.39 is 10.0 Å². The molecule has 1 fully saturated rings. The Morgan fingerprint density at radius 1 is 1.16 bits per heavy atom. The van der Waals surface area contributed by atoms with Crippen molar-refractivity contribution in [2.24, 2.45) is 5.92 Å². The number of ether oxygens (including phenoxy) is 2. The molecule has 1 atom stereocenters. The first-order valence-corrected chi connectivity index (χ1v) is 12.1. The van der Waals surface area contributed by atoms with Gasteiger partial charge in [0.1, 0.15) is 24.6 Å². The van der Waals surface area contributed by atoms with Crippen molar-refractivity contribution in [2.75, 3.05) is 26.3 Å². The van der Waals surface area contributed by atoms with Gasteiger partial charge in [-0.2, -0.15) is 4.31 Å². The van der Waals surface area contributed by atoms with Gasteiger partial charge in [-0.15, -0.1) is 0 Å². The first kappa shape index (κ1) is 20.3. The van der Waals surface area contributed by atoms with Crippen LogP contribution in [0.5, 0.6) is 11.5 Å². The van der Waals surface area contributed by atoms with Crippen LogP contribution in [-0.4, -0.2) is 53.6 Å². The lowest BCUT2D eigenvalue weighted by Gasteiger charge is -2.21. The molecule has 5 rings (SSSR count). The van der Waals surface area contributed by atoms with Crippen molar-refractivity contribution >= 4 is 21.2 Å². The van der Waals surface area contributed by atoms with Crippen LogP contribution in [0.1, 0.15) is 32.1 Å². The van der Waals surface area contributed by atoms with Gasteiger partial charge in [-0.25, -0.2) is 18.4 Å². The van der Waals surface area contributed by atoms with E-state index in [1.54, 1.807) is 28.7 Å². The number of fused-ring (bicyclic) bond motifs is 2. The molecule has 2 aliphatic heterocycles. The molecule has 2 aliphatic rings. The highest BCUT2D eigenvalue weighted by molar-refractivity contribution is 7.89. The summed E-state index contributed by atoms with van der Waals surface area (Å²) in [4.78, 5) is 9.54. The molecule has 4 heterocycles. The minimum atomic E-state index is -3.59. The van der Waals surface area contributed by atoms with E-state index in [9.17, 15) is 8.42 Å². The van der Waals surface area contributed by atoms with Crippen LogP contribution in [0.4, 0.5) is 0 Å². The summed E-state index contributed by atoms with van der Waals surface area (Å²) in [5.41, 5.74) is 1.76. The summed E-state index contributed by atoms with van der Waals surface area (Å²) in [5.74, 6) is 2.25. The van der Waals surface area contributed by atoms with E-state index in [2.05, 4.69) is 23.4 Å². The third kappa shape index (κ3) is 3.65. The Labute approximate surface area is 181 Å². The zero-order valence-electron chi connectivity index (χ0n) is 17.7.